The fourth-order valence-electron chi connectivity index (χ4n) is 1.14. The Labute approximate surface area is 88.5 Å². The Bertz CT molecular complexity index is 423. The number of rotatable bonds is 3. The first-order valence-electron chi connectivity index (χ1n) is 4.70. The molecule has 74 valence electrons. The average Bonchev–Trinajstić information content (AvgIpc) is 2.32. The van der Waals surface area contributed by atoms with Gasteiger partial charge in [-0.05, 0) is 17.7 Å². The highest BCUT2D eigenvalue weighted by Crippen LogP contribution is 1.99. The molecule has 3 nitrogen and oxygen atoms in total. The van der Waals surface area contributed by atoms with Gasteiger partial charge in [0.1, 0.15) is 5.82 Å². The lowest BCUT2D eigenvalue weighted by atomic mass is 10.2. The predicted molar refractivity (Wildman–Crippen MR) is 61.9 cm³/mol. The fourth-order valence-corrected chi connectivity index (χ4v) is 1.14. The van der Waals surface area contributed by atoms with Crippen molar-refractivity contribution in [1.82, 2.24) is 4.98 Å². The summed E-state index contributed by atoms with van der Waals surface area (Å²) >= 11 is 0. The van der Waals surface area contributed by atoms with E-state index >= 15 is 0 Å². The van der Waals surface area contributed by atoms with E-state index in [1.165, 1.54) is 0 Å². The standard InChI is InChI=1S/C12H11N3/c1-2-6-11(7-3-1)10-14-15-12-8-4-5-9-13-12/h1-10H,(H,13,15). The number of hydrogen-bond donors (Lipinski definition) is 1. The molecule has 0 saturated heterocycles. The number of pyridine rings is 1. The molecule has 1 aromatic carbocycles. The molecule has 0 saturated carbocycles. The van der Waals surface area contributed by atoms with Crippen molar-refractivity contribution < 1.29 is 0 Å². The highest BCUT2D eigenvalue weighted by molar-refractivity contribution is 5.79. The van der Waals surface area contributed by atoms with Gasteiger partial charge in [-0.3, -0.25) is 5.43 Å². The van der Waals surface area contributed by atoms with Crippen LogP contribution in [0.1, 0.15) is 5.56 Å². The molecule has 2 rings (SSSR count). The molecule has 2 aromatic rings. The van der Waals surface area contributed by atoms with E-state index in [4.69, 9.17) is 0 Å². The second-order valence-electron chi connectivity index (χ2n) is 3.00. The number of anilines is 1. The molecule has 0 aliphatic rings. The number of hydrogen-bond acceptors (Lipinski definition) is 3. The summed E-state index contributed by atoms with van der Waals surface area (Å²) in [6.07, 6.45) is 3.48. The van der Waals surface area contributed by atoms with Gasteiger partial charge in [0.15, 0.2) is 0 Å². The summed E-state index contributed by atoms with van der Waals surface area (Å²) in [7, 11) is 0. The van der Waals surface area contributed by atoms with Crippen LogP contribution in [0.4, 0.5) is 5.82 Å². The highest BCUT2D eigenvalue weighted by atomic mass is 15.3. The fraction of sp³-hybridized carbons (Fsp3) is 0. The van der Waals surface area contributed by atoms with Crippen molar-refractivity contribution in [1.29, 1.82) is 0 Å². The minimum atomic E-state index is 0.740. The number of aromatic nitrogens is 1. The Morgan fingerprint density at radius 3 is 2.53 bits per heavy atom. The lowest BCUT2D eigenvalue weighted by Gasteiger charge is -1.96. The molecule has 0 aliphatic carbocycles. The van der Waals surface area contributed by atoms with Gasteiger partial charge < -0.3 is 0 Å². The summed E-state index contributed by atoms with van der Waals surface area (Å²) in [5, 5.41) is 4.07. The van der Waals surface area contributed by atoms with Gasteiger partial charge in [-0.1, -0.05) is 36.4 Å². The van der Waals surface area contributed by atoms with Gasteiger partial charge in [-0.25, -0.2) is 4.98 Å². The van der Waals surface area contributed by atoms with Crippen LogP contribution in [0.15, 0.2) is 59.8 Å². The van der Waals surface area contributed by atoms with Gasteiger partial charge in [-0.15, -0.1) is 0 Å². The van der Waals surface area contributed by atoms with Gasteiger partial charge in [-0.2, -0.15) is 5.10 Å². The topological polar surface area (TPSA) is 37.3 Å². The van der Waals surface area contributed by atoms with E-state index < -0.39 is 0 Å². The number of hydrazone groups is 1. The van der Waals surface area contributed by atoms with Gasteiger partial charge in [0.25, 0.3) is 0 Å². The Kier molecular flexibility index (Phi) is 3.07. The van der Waals surface area contributed by atoms with Crippen molar-refractivity contribution in [2.75, 3.05) is 5.43 Å². The largest absolute Gasteiger partial charge is 0.261 e. The maximum Gasteiger partial charge on any atom is 0.146 e. The monoisotopic (exact) mass is 197 g/mol. The number of nitrogens with one attached hydrogen (secondary N) is 1. The number of benzene rings is 1. The van der Waals surface area contributed by atoms with Crippen LogP contribution >= 0.6 is 0 Å². The van der Waals surface area contributed by atoms with Crippen LogP contribution in [-0.4, -0.2) is 11.2 Å². The third-order valence-electron chi connectivity index (χ3n) is 1.86. The quantitative estimate of drug-likeness (QED) is 0.606. The van der Waals surface area contributed by atoms with Crippen LogP contribution in [-0.2, 0) is 0 Å². The minimum Gasteiger partial charge on any atom is -0.261 e. The summed E-state index contributed by atoms with van der Waals surface area (Å²) in [6.45, 7) is 0. The van der Waals surface area contributed by atoms with Gasteiger partial charge >= 0.3 is 0 Å². The molecule has 0 fully saturated rings. The lowest BCUT2D eigenvalue weighted by molar-refractivity contribution is 1.23. The molecule has 0 unspecified atom stereocenters. The molecular formula is C12H11N3. The van der Waals surface area contributed by atoms with Crippen molar-refractivity contribution in [3.05, 3.63) is 60.3 Å². The summed E-state index contributed by atoms with van der Waals surface area (Å²) in [4.78, 5) is 4.09. The maximum absolute atomic E-state index is 4.09. The van der Waals surface area contributed by atoms with E-state index in [1.54, 1.807) is 12.4 Å². The smallest absolute Gasteiger partial charge is 0.146 e. The third kappa shape index (κ3) is 2.91. The van der Waals surface area contributed by atoms with E-state index in [-0.39, 0.29) is 0 Å². The molecule has 1 heterocycles. The van der Waals surface area contributed by atoms with Crippen molar-refractivity contribution in [2.45, 2.75) is 0 Å². The summed E-state index contributed by atoms with van der Waals surface area (Å²) in [5.41, 5.74) is 3.91. The van der Waals surface area contributed by atoms with Crippen LogP contribution in [0.3, 0.4) is 0 Å². The third-order valence-corrected chi connectivity index (χ3v) is 1.86. The van der Waals surface area contributed by atoms with Crippen LogP contribution in [0, 0.1) is 0 Å². The van der Waals surface area contributed by atoms with Gasteiger partial charge in [0.2, 0.25) is 0 Å². The van der Waals surface area contributed by atoms with Crippen molar-refractivity contribution >= 4 is 12.0 Å². The van der Waals surface area contributed by atoms with Gasteiger partial charge in [0, 0.05) is 6.20 Å². The normalized spacial score (nSPS) is 10.4. The Hall–Kier alpha value is -2.16. The van der Waals surface area contributed by atoms with Crippen molar-refractivity contribution in [2.24, 2.45) is 5.10 Å². The first-order chi connectivity index (χ1) is 7.45. The number of nitrogens with zero attached hydrogens (tertiary/aromatic N) is 2. The molecular weight excluding hydrogens is 186 g/mol. The molecule has 15 heavy (non-hydrogen) atoms. The molecule has 1 N–H and O–H groups in total. The molecule has 0 aliphatic heterocycles. The minimum absolute atomic E-state index is 0.740. The summed E-state index contributed by atoms with van der Waals surface area (Å²) in [5.74, 6) is 0.740. The van der Waals surface area contributed by atoms with E-state index in [2.05, 4.69) is 15.5 Å². The Balaban J connectivity index is 1.97. The van der Waals surface area contributed by atoms with E-state index in [0.29, 0.717) is 0 Å². The molecule has 0 amide bonds. The van der Waals surface area contributed by atoms with Crippen molar-refractivity contribution in [3.63, 3.8) is 0 Å². The van der Waals surface area contributed by atoms with E-state index in [9.17, 15) is 0 Å². The van der Waals surface area contributed by atoms with Gasteiger partial charge in [0.05, 0.1) is 6.21 Å². The highest BCUT2D eigenvalue weighted by Gasteiger charge is 1.86. The SMILES string of the molecule is C(=NNc1ccccn1)c1ccccc1. The zero-order chi connectivity index (χ0) is 10.3. The van der Waals surface area contributed by atoms with Crippen LogP contribution in [0.5, 0.6) is 0 Å². The zero-order valence-corrected chi connectivity index (χ0v) is 8.17. The lowest BCUT2D eigenvalue weighted by Crippen LogP contribution is -1.92. The Morgan fingerprint density at radius 2 is 1.80 bits per heavy atom. The van der Waals surface area contributed by atoms with E-state index in [1.807, 2.05) is 48.5 Å². The average molecular weight is 197 g/mol. The van der Waals surface area contributed by atoms with Crippen molar-refractivity contribution in [3.8, 4) is 0 Å². The van der Waals surface area contributed by atoms with Crippen LogP contribution in [0.25, 0.3) is 0 Å². The predicted octanol–water partition coefficient (Wildman–Crippen LogP) is 2.53. The Morgan fingerprint density at radius 1 is 1.00 bits per heavy atom. The maximum atomic E-state index is 4.09. The molecule has 1 aromatic heterocycles. The molecule has 0 radical (unpaired) electrons. The summed E-state index contributed by atoms with van der Waals surface area (Å²) in [6, 6.07) is 15.5. The summed E-state index contributed by atoms with van der Waals surface area (Å²) < 4.78 is 0. The van der Waals surface area contributed by atoms with Crippen LogP contribution < -0.4 is 5.43 Å². The first-order valence-corrected chi connectivity index (χ1v) is 4.70. The van der Waals surface area contributed by atoms with Crippen LogP contribution in [0.2, 0.25) is 0 Å². The second kappa shape index (κ2) is 4.91. The zero-order valence-electron chi connectivity index (χ0n) is 8.17. The molecule has 0 atom stereocenters. The second-order valence-corrected chi connectivity index (χ2v) is 3.00. The molecule has 3 heteroatoms. The first kappa shape index (κ1) is 9.40. The molecule has 0 bridgehead atoms. The molecule has 0 spiro atoms. The van der Waals surface area contributed by atoms with E-state index in [0.717, 1.165) is 11.4 Å².